The van der Waals surface area contributed by atoms with Gasteiger partial charge in [0, 0.05) is 10.6 Å². The molecule has 8 heteroatoms. The number of amides is 3. The van der Waals surface area contributed by atoms with E-state index in [1.807, 2.05) is 0 Å². The number of anilines is 1. The van der Waals surface area contributed by atoms with Gasteiger partial charge in [-0.25, -0.2) is 19.0 Å². The number of carbonyl (C=O) groups is 2. The van der Waals surface area contributed by atoms with Crippen molar-refractivity contribution in [2.75, 3.05) is 5.01 Å². The van der Waals surface area contributed by atoms with E-state index in [1.54, 1.807) is 30.3 Å². The topological polar surface area (TPSA) is 61.4 Å². The summed E-state index contributed by atoms with van der Waals surface area (Å²) in [5.74, 6) is -2.20. The largest absolute Gasteiger partial charge is 0.340 e. The molecule has 0 bridgehead atoms. The maximum absolute atomic E-state index is 14.2. The quantitative estimate of drug-likeness (QED) is 0.595. The molecule has 0 atom stereocenters. The van der Waals surface area contributed by atoms with Crippen molar-refractivity contribution in [3.8, 4) is 0 Å². The Morgan fingerprint density at radius 3 is 2.21 bits per heavy atom. The van der Waals surface area contributed by atoms with E-state index in [4.69, 9.17) is 11.6 Å². The first-order valence-electron chi connectivity index (χ1n) is 8.57. The number of urea groups is 1. The van der Waals surface area contributed by atoms with Crippen molar-refractivity contribution >= 4 is 29.2 Å². The lowest BCUT2D eigenvalue weighted by molar-refractivity contribution is 0.0960. The lowest BCUT2D eigenvalue weighted by Crippen LogP contribution is -2.49. The Bertz CT molecular complexity index is 1010. The van der Waals surface area contributed by atoms with Crippen LogP contribution in [0.25, 0.3) is 0 Å². The summed E-state index contributed by atoms with van der Waals surface area (Å²) >= 11 is 6.09. The van der Waals surface area contributed by atoms with Crippen LogP contribution in [0.3, 0.4) is 0 Å². The van der Waals surface area contributed by atoms with E-state index >= 15 is 0 Å². The number of halogens is 3. The fourth-order valence-electron chi connectivity index (χ4n) is 2.61. The molecule has 0 spiro atoms. The second-order valence-corrected chi connectivity index (χ2v) is 6.40. The van der Waals surface area contributed by atoms with Crippen LogP contribution in [0.1, 0.15) is 15.9 Å². The van der Waals surface area contributed by atoms with Gasteiger partial charge in [-0.2, -0.15) is 0 Å². The second kappa shape index (κ2) is 9.16. The minimum atomic E-state index is -0.908. The SMILES string of the molecule is O=C(NC(=O)c1ccccc1F)NN(Cc1c(F)cccc1Cl)c1ccccc1. The number of hydrogen-bond acceptors (Lipinski definition) is 3. The van der Waals surface area contributed by atoms with Gasteiger partial charge in [0.2, 0.25) is 0 Å². The minimum absolute atomic E-state index is 0.100. The smallest absolute Gasteiger partial charge is 0.280 e. The predicted octanol–water partition coefficient (Wildman–Crippen LogP) is 4.68. The molecule has 148 valence electrons. The number of nitrogens with one attached hydrogen (secondary N) is 2. The van der Waals surface area contributed by atoms with Gasteiger partial charge in [0.25, 0.3) is 5.91 Å². The van der Waals surface area contributed by atoms with Crippen LogP contribution in [0.4, 0.5) is 19.3 Å². The average molecular weight is 416 g/mol. The number of benzene rings is 3. The van der Waals surface area contributed by atoms with Crippen LogP contribution in [-0.2, 0) is 6.54 Å². The van der Waals surface area contributed by atoms with E-state index in [9.17, 15) is 18.4 Å². The highest BCUT2D eigenvalue weighted by Gasteiger charge is 2.18. The number of carbonyl (C=O) groups excluding carboxylic acids is 2. The third-order valence-corrected chi connectivity index (χ3v) is 4.38. The molecule has 3 aromatic rings. The van der Waals surface area contributed by atoms with Gasteiger partial charge < -0.3 is 0 Å². The zero-order chi connectivity index (χ0) is 20.8. The Kier molecular flexibility index (Phi) is 6.41. The van der Waals surface area contributed by atoms with Crippen molar-refractivity contribution in [1.29, 1.82) is 0 Å². The van der Waals surface area contributed by atoms with Gasteiger partial charge in [-0.3, -0.25) is 15.1 Å². The molecule has 0 aliphatic heterocycles. The molecule has 0 aliphatic carbocycles. The molecule has 29 heavy (non-hydrogen) atoms. The highest BCUT2D eigenvalue weighted by atomic mass is 35.5. The third-order valence-electron chi connectivity index (χ3n) is 4.03. The lowest BCUT2D eigenvalue weighted by Gasteiger charge is -2.26. The van der Waals surface area contributed by atoms with Crippen molar-refractivity contribution in [3.63, 3.8) is 0 Å². The third kappa shape index (κ3) is 5.08. The van der Waals surface area contributed by atoms with Gasteiger partial charge in [0.05, 0.1) is 17.8 Å². The number of hydrazine groups is 1. The van der Waals surface area contributed by atoms with Crippen LogP contribution in [0.15, 0.2) is 72.8 Å². The zero-order valence-corrected chi connectivity index (χ0v) is 15.8. The van der Waals surface area contributed by atoms with Gasteiger partial charge >= 0.3 is 6.03 Å². The van der Waals surface area contributed by atoms with Crippen LogP contribution < -0.4 is 15.8 Å². The highest BCUT2D eigenvalue weighted by molar-refractivity contribution is 6.31. The molecule has 3 aromatic carbocycles. The summed E-state index contributed by atoms with van der Waals surface area (Å²) in [5.41, 5.74) is 2.89. The summed E-state index contributed by atoms with van der Waals surface area (Å²) in [6.07, 6.45) is 0. The minimum Gasteiger partial charge on any atom is -0.280 e. The molecule has 0 saturated heterocycles. The van der Waals surface area contributed by atoms with E-state index in [0.29, 0.717) is 5.69 Å². The van der Waals surface area contributed by atoms with Gasteiger partial charge in [-0.15, -0.1) is 0 Å². The number of para-hydroxylation sites is 1. The van der Waals surface area contributed by atoms with Gasteiger partial charge in [-0.05, 0) is 36.4 Å². The van der Waals surface area contributed by atoms with Gasteiger partial charge in [-0.1, -0.05) is 48.0 Å². The Morgan fingerprint density at radius 2 is 1.52 bits per heavy atom. The Balaban J connectivity index is 1.79. The van der Waals surface area contributed by atoms with Crippen LogP contribution in [-0.4, -0.2) is 11.9 Å². The van der Waals surface area contributed by atoms with Crippen molar-refractivity contribution < 1.29 is 18.4 Å². The summed E-state index contributed by atoms with van der Waals surface area (Å²) in [6.45, 7) is -0.100. The number of hydrogen-bond donors (Lipinski definition) is 2. The van der Waals surface area contributed by atoms with Crippen molar-refractivity contribution in [2.45, 2.75) is 6.54 Å². The number of nitrogens with zero attached hydrogens (tertiary/aromatic N) is 1. The van der Waals surface area contributed by atoms with E-state index < -0.39 is 23.6 Å². The standard InChI is InChI=1S/C21H16ClF2N3O2/c22-17-10-6-12-19(24)16(17)13-27(14-7-2-1-3-8-14)26-21(29)25-20(28)15-9-4-5-11-18(15)23/h1-12H,13H2,(H2,25,26,28,29). The molecular weight excluding hydrogens is 400 g/mol. The first kappa shape index (κ1) is 20.3. The predicted molar refractivity (Wildman–Crippen MR) is 106 cm³/mol. The van der Waals surface area contributed by atoms with Crippen molar-refractivity contribution in [2.24, 2.45) is 0 Å². The Labute approximate surface area is 170 Å². The molecule has 0 radical (unpaired) electrons. The molecular formula is C21H16ClF2N3O2. The average Bonchev–Trinajstić information content (AvgIpc) is 2.71. The molecule has 5 nitrogen and oxygen atoms in total. The monoisotopic (exact) mass is 415 g/mol. The molecule has 0 aliphatic rings. The number of imide groups is 1. The summed E-state index contributed by atoms with van der Waals surface area (Å²) < 4.78 is 27.9. The van der Waals surface area contributed by atoms with Crippen molar-refractivity contribution in [3.05, 3.63) is 101 Å². The molecule has 3 amide bonds. The summed E-state index contributed by atoms with van der Waals surface area (Å²) in [6, 6.07) is 17.3. The molecule has 3 rings (SSSR count). The molecule has 0 fully saturated rings. The maximum atomic E-state index is 14.2. The molecule has 0 saturated carbocycles. The van der Waals surface area contributed by atoms with Crippen molar-refractivity contribution in [1.82, 2.24) is 10.7 Å². The fourth-order valence-corrected chi connectivity index (χ4v) is 2.83. The Hall–Kier alpha value is -3.45. The molecule has 0 unspecified atom stereocenters. The van der Waals surface area contributed by atoms with E-state index in [-0.39, 0.29) is 22.7 Å². The first-order valence-corrected chi connectivity index (χ1v) is 8.95. The molecule has 0 heterocycles. The van der Waals surface area contributed by atoms with E-state index in [0.717, 1.165) is 6.07 Å². The van der Waals surface area contributed by atoms with Crippen LogP contribution >= 0.6 is 11.6 Å². The summed E-state index contributed by atoms with van der Waals surface area (Å²) in [7, 11) is 0. The Morgan fingerprint density at radius 1 is 0.862 bits per heavy atom. The van der Waals surface area contributed by atoms with E-state index in [1.165, 1.54) is 41.4 Å². The van der Waals surface area contributed by atoms with E-state index in [2.05, 4.69) is 10.7 Å². The van der Waals surface area contributed by atoms with Gasteiger partial charge in [0.15, 0.2) is 0 Å². The van der Waals surface area contributed by atoms with Crippen LogP contribution in [0.5, 0.6) is 0 Å². The maximum Gasteiger partial charge on any atom is 0.340 e. The summed E-state index contributed by atoms with van der Waals surface area (Å²) in [4.78, 5) is 24.5. The second-order valence-electron chi connectivity index (χ2n) is 6.00. The number of rotatable bonds is 5. The van der Waals surface area contributed by atoms with Crippen LogP contribution in [0, 0.1) is 11.6 Å². The highest BCUT2D eigenvalue weighted by Crippen LogP contribution is 2.23. The van der Waals surface area contributed by atoms with Gasteiger partial charge in [0.1, 0.15) is 11.6 Å². The lowest BCUT2D eigenvalue weighted by atomic mass is 10.2. The normalized spacial score (nSPS) is 10.3. The fraction of sp³-hybridized carbons (Fsp3) is 0.0476. The zero-order valence-electron chi connectivity index (χ0n) is 15.0. The summed E-state index contributed by atoms with van der Waals surface area (Å²) in [5, 5.41) is 3.57. The van der Waals surface area contributed by atoms with Crippen LogP contribution in [0.2, 0.25) is 5.02 Å². The molecule has 2 N–H and O–H groups in total. The first-order chi connectivity index (χ1) is 14.0. The molecule has 0 aromatic heterocycles.